The van der Waals surface area contributed by atoms with E-state index in [1.807, 2.05) is 34.6 Å². The molecular weight excluding hydrogens is 374 g/mol. The fraction of sp³-hybridized carbons (Fsp3) is 0.810. The predicted molar refractivity (Wildman–Crippen MR) is 108 cm³/mol. The molecule has 1 N–H and O–H groups in total. The zero-order valence-corrected chi connectivity index (χ0v) is 18.3. The maximum atomic E-state index is 12.9. The number of carbonyl (C=O) groups is 4. The Morgan fingerprint density at radius 1 is 1.17 bits per heavy atom. The zero-order chi connectivity index (χ0) is 21.8. The molecule has 0 aromatic rings. The molecule has 2 atom stereocenters. The highest BCUT2D eigenvalue weighted by atomic mass is 16.5. The van der Waals surface area contributed by atoms with E-state index in [-0.39, 0.29) is 24.3 Å². The van der Waals surface area contributed by atoms with Crippen molar-refractivity contribution in [2.24, 2.45) is 17.8 Å². The molecule has 4 amide bonds. The summed E-state index contributed by atoms with van der Waals surface area (Å²) in [6, 6.07) is -0.562. The SMILES string of the molecule is CC(C)CN(CC(C)C)C(=O)COC(=O)CN1C(=O)N[C@]2(CCCC[C@H]2C)C1=O. The Balaban J connectivity index is 1.92. The van der Waals surface area contributed by atoms with E-state index in [4.69, 9.17) is 4.74 Å². The number of urea groups is 1. The quantitative estimate of drug-likeness (QED) is 0.490. The van der Waals surface area contributed by atoms with Gasteiger partial charge in [0, 0.05) is 13.1 Å². The molecular formula is C21H35N3O5. The zero-order valence-electron chi connectivity index (χ0n) is 18.3. The first-order valence-electron chi connectivity index (χ1n) is 10.6. The minimum Gasteiger partial charge on any atom is -0.454 e. The summed E-state index contributed by atoms with van der Waals surface area (Å²) in [4.78, 5) is 52.5. The van der Waals surface area contributed by atoms with Gasteiger partial charge in [-0.05, 0) is 30.6 Å². The van der Waals surface area contributed by atoms with E-state index in [0.29, 0.717) is 31.3 Å². The van der Waals surface area contributed by atoms with E-state index in [1.165, 1.54) is 0 Å². The molecule has 2 fully saturated rings. The highest BCUT2D eigenvalue weighted by Crippen LogP contribution is 2.38. The molecule has 1 aliphatic carbocycles. The van der Waals surface area contributed by atoms with Crippen LogP contribution in [0.5, 0.6) is 0 Å². The summed E-state index contributed by atoms with van der Waals surface area (Å²) in [6.07, 6.45) is 3.34. The molecule has 2 aliphatic rings. The van der Waals surface area contributed by atoms with Crippen molar-refractivity contribution < 1.29 is 23.9 Å². The Morgan fingerprint density at radius 2 is 1.79 bits per heavy atom. The van der Waals surface area contributed by atoms with Crippen LogP contribution in [0.25, 0.3) is 0 Å². The molecule has 1 saturated carbocycles. The van der Waals surface area contributed by atoms with Gasteiger partial charge in [-0.2, -0.15) is 0 Å². The van der Waals surface area contributed by atoms with E-state index >= 15 is 0 Å². The fourth-order valence-corrected chi connectivity index (χ4v) is 4.21. The van der Waals surface area contributed by atoms with Crippen LogP contribution in [0.4, 0.5) is 4.79 Å². The van der Waals surface area contributed by atoms with Gasteiger partial charge in [-0.3, -0.25) is 19.3 Å². The molecule has 8 nitrogen and oxygen atoms in total. The van der Waals surface area contributed by atoms with Crippen LogP contribution in [-0.4, -0.2) is 65.4 Å². The summed E-state index contributed by atoms with van der Waals surface area (Å²) >= 11 is 0. The summed E-state index contributed by atoms with van der Waals surface area (Å²) in [5, 5.41) is 2.80. The molecule has 1 heterocycles. The molecule has 1 aliphatic heterocycles. The molecule has 1 saturated heterocycles. The summed E-state index contributed by atoms with van der Waals surface area (Å²) in [5.74, 6) is -0.761. The van der Waals surface area contributed by atoms with Crippen molar-refractivity contribution in [3.63, 3.8) is 0 Å². The lowest BCUT2D eigenvalue weighted by atomic mass is 9.73. The molecule has 29 heavy (non-hydrogen) atoms. The monoisotopic (exact) mass is 409 g/mol. The first kappa shape index (κ1) is 23.2. The summed E-state index contributed by atoms with van der Waals surface area (Å²) < 4.78 is 5.11. The third-order valence-electron chi connectivity index (χ3n) is 5.67. The Bertz CT molecular complexity index is 638. The van der Waals surface area contributed by atoms with Crippen LogP contribution in [0.15, 0.2) is 0 Å². The third kappa shape index (κ3) is 5.48. The Labute approximate surface area is 173 Å². The number of nitrogens with zero attached hydrogens (tertiary/aromatic N) is 2. The second kappa shape index (κ2) is 9.59. The van der Waals surface area contributed by atoms with Gasteiger partial charge in [-0.1, -0.05) is 47.5 Å². The Kier molecular flexibility index (Phi) is 7.66. The smallest absolute Gasteiger partial charge is 0.326 e. The van der Waals surface area contributed by atoms with Gasteiger partial charge in [0.25, 0.3) is 11.8 Å². The summed E-state index contributed by atoms with van der Waals surface area (Å²) in [7, 11) is 0. The van der Waals surface area contributed by atoms with Gasteiger partial charge in [0.2, 0.25) is 0 Å². The number of hydrogen-bond acceptors (Lipinski definition) is 5. The molecule has 0 aromatic heterocycles. The number of rotatable bonds is 8. The first-order chi connectivity index (χ1) is 13.6. The van der Waals surface area contributed by atoms with Crippen molar-refractivity contribution >= 4 is 23.8 Å². The number of amides is 4. The lowest BCUT2D eigenvalue weighted by Gasteiger charge is -2.36. The van der Waals surface area contributed by atoms with E-state index in [1.54, 1.807) is 4.90 Å². The molecule has 1 spiro atoms. The van der Waals surface area contributed by atoms with Gasteiger partial charge in [-0.15, -0.1) is 0 Å². The van der Waals surface area contributed by atoms with Gasteiger partial charge >= 0.3 is 12.0 Å². The van der Waals surface area contributed by atoms with E-state index in [2.05, 4.69) is 5.32 Å². The van der Waals surface area contributed by atoms with Crippen molar-refractivity contribution in [2.75, 3.05) is 26.2 Å². The van der Waals surface area contributed by atoms with Gasteiger partial charge < -0.3 is 15.0 Å². The minimum absolute atomic E-state index is 0.0240. The standard InChI is InChI=1S/C21H35N3O5/c1-14(2)10-23(11-15(3)4)17(25)13-29-18(26)12-24-19(27)21(22-20(24)28)9-7-6-8-16(21)5/h14-16H,6-13H2,1-5H3,(H,22,28)/t16-,21+/m1/s1. The highest BCUT2D eigenvalue weighted by Gasteiger charge is 2.55. The van der Waals surface area contributed by atoms with Crippen molar-refractivity contribution in [2.45, 2.75) is 65.8 Å². The topological polar surface area (TPSA) is 96.0 Å². The first-order valence-corrected chi connectivity index (χ1v) is 10.6. The summed E-state index contributed by atoms with van der Waals surface area (Å²) in [5.41, 5.74) is -0.906. The van der Waals surface area contributed by atoms with Crippen molar-refractivity contribution in [3.8, 4) is 0 Å². The Morgan fingerprint density at radius 3 is 2.34 bits per heavy atom. The van der Waals surface area contributed by atoms with Crippen LogP contribution in [0, 0.1) is 17.8 Å². The fourth-order valence-electron chi connectivity index (χ4n) is 4.21. The van der Waals surface area contributed by atoms with Crippen molar-refractivity contribution in [1.82, 2.24) is 15.1 Å². The molecule has 0 bridgehead atoms. The number of esters is 1. The number of nitrogens with one attached hydrogen (secondary N) is 1. The van der Waals surface area contributed by atoms with Crippen LogP contribution < -0.4 is 5.32 Å². The van der Waals surface area contributed by atoms with Gasteiger partial charge in [0.1, 0.15) is 12.1 Å². The largest absolute Gasteiger partial charge is 0.454 e. The summed E-state index contributed by atoms with van der Waals surface area (Å²) in [6.45, 7) is 10.3. The molecule has 8 heteroatoms. The molecule has 164 valence electrons. The number of ether oxygens (including phenoxy) is 1. The van der Waals surface area contributed by atoms with Crippen LogP contribution in [0.3, 0.4) is 0 Å². The maximum Gasteiger partial charge on any atom is 0.326 e. The number of hydrogen-bond donors (Lipinski definition) is 1. The average molecular weight is 410 g/mol. The molecule has 0 radical (unpaired) electrons. The lowest BCUT2D eigenvalue weighted by molar-refractivity contribution is -0.154. The van der Waals surface area contributed by atoms with Crippen molar-refractivity contribution in [1.29, 1.82) is 0 Å². The predicted octanol–water partition coefficient (Wildman–Crippen LogP) is 2.17. The molecule has 0 unspecified atom stereocenters. The number of carbonyl (C=O) groups excluding carboxylic acids is 4. The Hall–Kier alpha value is -2.12. The van der Waals surface area contributed by atoms with Crippen LogP contribution in [0.2, 0.25) is 0 Å². The van der Waals surface area contributed by atoms with Gasteiger partial charge in [-0.25, -0.2) is 4.79 Å². The van der Waals surface area contributed by atoms with E-state index in [9.17, 15) is 19.2 Å². The average Bonchev–Trinajstić information content (AvgIpc) is 2.86. The molecule has 0 aromatic carbocycles. The number of imide groups is 1. The highest BCUT2D eigenvalue weighted by molar-refractivity contribution is 6.09. The van der Waals surface area contributed by atoms with Gasteiger partial charge in [0.05, 0.1) is 0 Å². The maximum absolute atomic E-state index is 12.9. The van der Waals surface area contributed by atoms with Crippen LogP contribution in [0.1, 0.15) is 60.3 Å². The van der Waals surface area contributed by atoms with Crippen LogP contribution >= 0.6 is 0 Å². The third-order valence-corrected chi connectivity index (χ3v) is 5.67. The minimum atomic E-state index is -0.906. The van der Waals surface area contributed by atoms with Gasteiger partial charge in [0.15, 0.2) is 6.61 Å². The van der Waals surface area contributed by atoms with E-state index in [0.717, 1.165) is 24.2 Å². The van der Waals surface area contributed by atoms with E-state index < -0.39 is 24.1 Å². The van der Waals surface area contributed by atoms with Crippen molar-refractivity contribution in [3.05, 3.63) is 0 Å². The lowest BCUT2D eigenvalue weighted by Crippen LogP contribution is -2.54. The second-order valence-electron chi connectivity index (χ2n) is 9.19. The second-order valence-corrected chi connectivity index (χ2v) is 9.19. The van der Waals surface area contributed by atoms with Crippen LogP contribution in [-0.2, 0) is 19.1 Å². The molecule has 2 rings (SSSR count). The normalized spacial score (nSPS) is 24.4.